The number of halogens is 3. The van der Waals surface area contributed by atoms with Gasteiger partial charge in [-0.05, 0) is 45.0 Å². The standard InChI is InChI=1S/C23H26Cl2N6.ClH/c1-16-13-17(2)28-23(27-16)31-18(3)19(15-26-31)5-4-8-29-9-11-30(12-10-29)20-6-7-21(24)22(25)14-20;/h4-7,13-15H,8-12H2,1-3H3;1H. The monoisotopic (exact) mass is 492 g/mol. The summed E-state index contributed by atoms with van der Waals surface area (Å²) >= 11 is 12.2. The SMILES string of the molecule is Cc1cc(C)nc(-n2ncc(C=CCN3CCN(c4ccc(Cl)c(Cl)c4)CC3)c2C)n1.Cl. The van der Waals surface area contributed by atoms with Crippen molar-refractivity contribution in [3.63, 3.8) is 0 Å². The molecule has 0 aliphatic carbocycles. The molecule has 0 amide bonds. The zero-order valence-corrected chi connectivity index (χ0v) is 20.8. The van der Waals surface area contributed by atoms with Crippen LogP contribution in [0.4, 0.5) is 5.69 Å². The fourth-order valence-electron chi connectivity index (χ4n) is 3.79. The maximum absolute atomic E-state index is 6.16. The summed E-state index contributed by atoms with van der Waals surface area (Å²) in [5.41, 5.74) is 5.12. The largest absolute Gasteiger partial charge is 0.369 e. The summed E-state index contributed by atoms with van der Waals surface area (Å²) in [7, 11) is 0. The van der Waals surface area contributed by atoms with Crippen molar-refractivity contribution in [2.45, 2.75) is 20.8 Å². The van der Waals surface area contributed by atoms with Gasteiger partial charge in [0.05, 0.1) is 21.9 Å². The maximum Gasteiger partial charge on any atom is 0.251 e. The van der Waals surface area contributed by atoms with E-state index in [9.17, 15) is 0 Å². The van der Waals surface area contributed by atoms with Crippen molar-refractivity contribution >= 4 is 47.4 Å². The van der Waals surface area contributed by atoms with Crippen molar-refractivity contribution in [2.75, 3.05) is 37.6 Å². The van der Waals surface area contributed by atoms with Crippen LogP contribution in [0.15, 0.2) is 36.5 Å². The maximum atomic E-state index is 6.16. The number of piperazine rings is 1. The number of hydrogen-bond acceptors (Lipinski definition) is 5. The Morgan fingerprint density at radius 1 is 0.938 bits per heavy atom. The third-order valence-electron chi connectivity index (χ3n) is 5.51. The van der Waals surface area contributed by atoms with Crippen LogP contribution in [0.3, 0.4) is 0 Å². The van der Waals surface area contributed by atoms with Gasteiger partial charge in [-0.15, -0.1) is 12.4 Å². The molecule has 1 aliphatic rings. The Morgan fingerprint density at radius 3 is 2.28 bits per heavy atom. The van der Waals surface area contributed by atoms with E-state index < -0.39 is 0 Å². The first-order chi connectivity index (χ1) is 14.9. The second-order valence-electron chi connectivity index (χ2n) is 7.84. The molecule has 32 heavy (non-hydrogen) atoms. The molecule has 1 fully saturated rings. The Kier molecular flexibility index (Phi) is 8.17. The third-order valence-corrected chi connectivity index (χ3v) is 6.25. The van der Waals surface area contributed by atoms with Gasteiger partial charge < -0.3 is 4.90 Å². The zero-order chi connectivity index (χ0) is 22.0. The van der Waals surface area contributed by atoms with Gasteiger partial charge in [-0.3, -0.25) is 4.90 Å². The minimum absolute atomic E-state index is 0. The molecule has 0 N–H and O–H groups in total. The zero-order valence-electron chi connectivity index (χ0n) is 18.4. The highest BCUT2D eigenvalue weighted by molar-refractivity contribution is 6.42. The Hall–Kier alpha value is -2.12. The van der Waals surface area contributed by atoms with Gasteiger partial charge in [0.2, 0.25) is 0 Å². The highest BCUT2D eigenvalue weighted by Gasteiger charge is 2.17. The number of anilines is 1. The predicted molar refractivity (Wildman–Crippen MR) is 135 cm³/mol. The van der Waals surface area contributed by atoms with Crippen LogP contribution in [-0.4, -0.2) is 57.4 Å². The molecule has 2 aromatic heterocycles. The number of nitrogens with zero attached hydrogens (tertiary/aromatic N) is 6. The van der Waals surface area contributed by atoms with Gasteiger partial charge in [-0.1, -0.05) is 35.4 Å². The highest BCUT2D eigenvalue weighted by Crippen LogP contribution is 2.27. The molecule has 6 nitrogen and oxygen atoms in total. The van der Waals surface area contributed by atoms with Crippen LogP contribution in [0.25, 0.3) is 12.0 Å². The first kappa shape index (κ1) is 24.5. The lowest BCUT2D eigenvalue weighted by atomic mass is 10.2. The summed E-state index contributed by atoms with van der Waals surface area (Å²) in [4.78, 5) is 13.8. The summed E-state index contributed by atoms with van der Waals surface area (Å²) in [5.74, 6) is 0.619. The summed E-state index contributed by atoms with van der Waals surface area (Å²) in [5, 5.41) is 5.69. The van der Waals surface area contributed by atoms with E-state index in [1.54, 1.807) is 4.68 Å². The lowest BCUT2D eigenvalue weighted by Crippen LogP contribution is -2.46. The minimum Gasteiger partial charge on any atom is -0.369 e. The lowest BCUT2D eigenvalue weighted by molar-refractivity contribution is 0.284. The summed E-state index contributed by atoms with van der Waals surface area (Å²) < 4.78 is 1.80. The quantitative estimate of drug-likeness (QED) is 0.492. The highest BCUT2D eigenvalue weighted by atomic mass is 35.5. The molecule has 0 unspecified atom stereocenters. The van der Waals surface area contributed by atoms with E-state index in [-0.39, 0.29) is 12.4 Å². The fraction of sp³-hybridized carbons (Fsp3) is 0.348. The number of rotatable bonds is 5. The molecule has 0 radical (unpaired) electrons. The van der Waals surface area contributed by atoms with E-state index in [0.717, 1.165) is 61.1 Å². The van der Waals surface area contributed by atoms with Crippen molar-refractivity contribution in [3.05, 3.63) is 69.2 Å². The lowest BCUT2D eigenvalue weighted by Gasteiger charge is -2.35. The molecule has 0 bridgehead atoms. The molecule has 1 aliphatic heterocycles. The van der Waals surface area contributed by atoms with Crippen molar-refractivity contribution in [1.29, 1.82) is 0 Å². The van der Waals surface area contributed by atoms with Crippen molar-refractivity contribution < 1.29 is 0 Å². The van der Waals surface area contributed by atoms with E-state index in [0.29, 0.717) is 16.0 Å². The molecule has 3 heterocycles. The number of aryl methyl sites for hydroxylation is 2. The molecular weight excluding hydrogens is 467 g/mol. The number of aromatic nitrogens is 4. The first-order valence-electron chi connectivity index (χ1n) is 10.4. The van der Waals surface area contributed by atoms with Gasteiger partial charge in [0.15, 0.2) is 0 Å². The van der Waals surface area contributed by atoms with Crippen LogP contribution in [0.1, 0.15) is 22.6 Å². The van der Waals surface area contributed by atoms with Crippen LogP contribution < -0.4 is 4.90 Å². The molecule has 3 aromatic rings. The summed E-state index contributed by atoms with van der Waals surface area (Å²) in [6.45, 7) is 10.8. The number of hydrogen-bond donors (Lipinski definition) is 0. The molecule has 9 heteroatoms. The van der Waals surface area contributed by atoms with Crippen LogP contribution in [0.2, 0.25) is 10.0 Å². The Labute approximate surface area is 205 Å². The van der Waals surface area contributed by atoms with Gasteiger partial charge >= 0.3 is 0 Å². The van der Waals surface area contributed by atoms with Crippen LogP contribution in [0.5, 0.6) is 0 Å². The predicted octanol–water partition coefficient (Wildman–Crippen LogP) is 5.15. The van der Waals surface area contributed by atoms with Crippen LogP contribution in [-0.2, 0) is 0 Å². The van der Waals surface area contributed by atoms with Gasteiger partial charge in [0.25, 0.3) is 5.95 Å². The van der Waals surface area contributed by atoms with E-state index in [1.807, 2.05) is 51.2 Å². The third kappa shape index (κ3) is 5.62. The van der Waals surface area contributed by atoms with E-state index in [1.165, 1.54) is 0 Å². The second-order valence-corrected chi connectivity index (χ2v) is 8.65. The Bertz CT molecular complexity index is 1080. The van der Waals surface area contributed by atoms with Crippen molar-refractivity contribution in [1.82, 2.24) is 24.6 Å². The molecule has 0 atom stereocenters. The van der Waals surface area contributed by atoms with E-state index >= 15 is 0 Å². The number of benzene rings is 1. The smallest absolute Gasteiger partial charge is 0.251 e. The molecule has 0 spiro atoms. The molecule has 4 rings (SSSR count). The van der Waals surface area contributed by atoms with E-state index in [4.69, 9.17) is 23.2 Å². The average molecular weight is 494 g/mol. The second kappa shape index (κ2) is 10.7. The average Bonchev–Trinajstić information content (AvgIpc) is 3.10. The molecule has 1 saturated heterocycles. The Morgan fingerprint density at radius 2 is 1.62 bits per heavy atom. The molecule has 170 valence electrons. The van der Waals surface area contributed by atoms with Crippen molar-refractivity contribution in [2.24, 2.45) is 0 Å². The van der Waals surface area contributed by atoms with E-state index in [2.05, 4.69) is 37.0 Å². The normalized spacial score (nSPS) is 14.7. The summed E-state index contributed by atoms with van der Waals surface area (Å²) in [6, 6.07) is 7.80. The molecule has 0 saturated carbocycles. The van der Waals surface area contributed by atoms with Gasteiger partial charge in [-0.2, -0.15) is 5.10 Å². The minimum atomic E-state index is 0. The van der Waals surface area contributed by atoms with Gasteiger partial charge in [0.1, 0.15) is 0 Å². The van der Waals surface area contributed by atoms with Crippen molar-refractivity contribution in [3.8, 4) is 5.95 Å². The first-order valence-corrected chi connectivity index (χ1v) is 11.1. The summed E-state index contributed by atoms with van der Waals surface area (Å²) in [6.07, 6.45) is 6.20. The fourth-order valence-corrected chi connectivity index (χ4v) is 4.08. The molecular formula is C23H27Cl3N6. The topological polar surface area (TPSA) is 50.1 Å². The molecule has 1 aromatic carbocycles. The van der Waals surface area contributed by atoms with Crippen LogP contribution >= 0.6 is 35.6 Å². The van der Waals surface area contributed by atoms with Gasteiger partial charge in [0, 0.05) is 55.4 Å². The van der Waals surface area contributed by atoms with Gasteiger partial charge in [-0.25, -0.2) is 14.6 Å². The van der Waals surface area contributed by atoms with Crippen LogP contribution in [0, 0.1) is 20.8 Å². The Balaban J connectivity index is 0.00000289.